The highest BCUT2D eigenvalue weighted by Crippen LogP contribution is 2.26. The second kappa shape index (κ2) is 10.3. The van der Waals surface area contributed by atoms with E-state index in [0.29, 0.717) is 51.4 Å². The van der Waals surface area contributed by atoms with Crippen molar-refractivity contribution in [3.05, 3.63) is 24.3 Å². The number of amides is 1. The van der Waals surface area contributed by atoms with Gasteiger partial charge >= 0.3 is 0 Å². The van der Waals surface area contributed by atoms with Gasteiger partial charge in [0.05, 0.1) is 29.8 Å². The fraction of sp³-hybridized carbons (Fsp3) is 0.650. The molecular formula is C20H30N2O7S2. The Kier molecular flexibility index (Phi) is 7.95. The summed E-state index contributed by atoms with van der Waals surface area (Å²) < 4.78 is 61.3. The number of benzene rings is 1. The molecule has 2 heterocycles. The molecule has 0 spiro atoms. The second-order valence-electron chi connectivity index (χ2n) is 7.70. The first-order chi connectivity index (χ1) is 14.7. The van der Waals surface area contributed by atoms with Crippen LogP contribution in [0.5, 0.6) is 5.75 Å². The second-order valence-corrected chi connectivity index (χ2v) is 12.1. The van der Waals surface area contributed by atoms with E-state index >= 15 is 0 Å². The molecule has 0 bridgehead atoms. The minimum Gasteiger partial charge on any atom is -0.493 e. The number of morpholine rings is 1. The maximum absolute atomic E-state index is 13.1. The summed E-state index contributed by atoms with van der Waals surface area (Å²) in [5, 5.41) is 0. The van der Waals surface area contributed by atoms with E-state index in [1.54, 1.807) is 11.8 Å². The molecule has 1 aromatic carbocycles. The Labute approximate surface area is 184 Å². The van der Waals surface area contributed by atoms with Gasteiger partial charge in [0.25, 0.3) is 0 Å². The highest BCUT2D eigenvalue weighted by molar-refractivity contribution is 7.91. The minimum atomic E-state index is -3.74. The Hall–Kier alpha value is -1.69. The Balaban J connectivity index is 1.61. The summed E-state index contributed by atoms with van der Waals surface area (Å²) in [6.45, 7) is 4.26. The van der Waals surface area contributed by atoms with Gasteiger partial charge in [-0.15, -0.1) is 0 Å². The zero-order chi connectivity index (χ0) is 22.5. The van der Waals surface area contributed by atoms with Crippen LogP contribution in [-0.4, -0.2) is 89.5 Å². The number of nitrogens with zero attached hydrogens (tertiary/aromatic N) is 2. The van der Waals surface area contributed by atoms with E-state index in [2.05, 4.69) is 0 Å². The average molecular weight is 475 g/mol. The van der Waals surface area contributed by atoms with Crippen LogP contribution in [0, 0.1) is 5.92 Å². The van der Waals surface area contributed by atoms with Crippen LogP contribution in [0.4, 0.5) is 0 Å². The van der Waals surface area contributed by atoms with Gasteiger partial charge in [0.1, 0.15) is 12.4 Å². The van der Waals surface area contributed by atoms with Crippen LogP contribution in [0.2, 0.25) is 0 Å². The van der Waals surface area contributed by atoms with Gasteiger partial charge in [-0.2, -0.15) is 4.31 Å². The van der Waals surface area contributed by atoms with Crippen LogP contribution in [0.1, 0.15) is 19.8 Å². The zero-order valence-corrected chi connectivity index (χ0v) is 19.4. The predicted octanol–water partition coefficient (Wildman–Crippen LogP) is 0.760. The van der Waals surface area contributed by atoms with E-state index in [1.807, 2.05) is 0 Å². The summed E-state index contributed by atoms with van der Waals surface area (Å²) >= 11 is 0. The lowest BCUT2D eigenvalue weighted by molar-refractivity contribution is -0.140. The molecule has 2 aliphatic heterocycles. The number of ether oxygens (including phenoxy) is 2. The molecule has 3 rings (SSSR count). The molecule has 1 amide bonds. The van der Waals surface area contributed by atoms with Crippen LogP contribution >= 0.6 is 0 Å². The number of sulfone groups is 1. The van der Waals surface area contributed by atoms with Crippen molar-refractivity contribution in [1.82, 2.24) is 9.21 Å². The summed E-state index contributed by atoms with van der Waals surface area (Å²) in [6.07, 6.45) is 1.31. The van der Waals surface area contributed by atoms with Gasteiger partial charge in [0, 0.05) is 31.9 Å². The first-order valence-corrected chi connectivity index (χ1v) is 13.8. The maximum atomic E-state index is 13.1. The fourth-order valence-corrected chi connectivity index (χ4v) is 5.84. The van der Waals surface area contributed by atoms with Crippen LogP contribution < -0.4 is 4.74 Å². The van der Waals surface area contributed by atoms with Crippen LogP contribution in [0.25, 0.3) is 0 Å². The van der Waals surface area contributed by atoms with Crippen LogP contribution in [0.3, 0.4) is 0 Å². The lowest BCUT2D eigenvalue weighted by Gasteiger charge is -2.35. The van der Waals surface area contributed by atoms with Crippen molar-refractivity contribution in [3.63, 3.8) is 0 Å². The third kappa shape index (κ3) is 6.18. The topological polar surface area (TPSA) is 110 Å². The summed E-state index contributed by atoms with van der Waals surface area (Å²) in [5.41, 5.74) is 0. The highest BCUT2D eigenvalue weighted by atomic mass is 32.2. The van der Waals surface area contributed by atoms with Gasteiger partial charge in [0.2, 0.25) is 15.9 Å². The smallest absolute Gasteiger partial charge is 0.243 e. The number of rotatable bonds is 8. The molecule has 2 fully saturated rings. The van der Waals surface area contributed by atoms with Gasteiger partial charge in [-0.25, -0.2) is 16.8 Å². The first kappa shape index (κ1) is 24.0. The van der Waals surface area contributed by atoms with E-state index in [-0.39, 0.29) is 41.4 Å². The van der Waals surface area contributed by atoms with E-state index in [9.17, 15) is 21.6 Å². The molecule has 9 nitrogen and oxygen atoms in total. The highest BCUT2D eigenvalue weighted by Gasteiger charge is 2.35. The van der Waals surface area contributed by atoms with Gasteiger partial charge in [-0.3, -0.25) is 4.79 Å². The largest absolute Gasteiger partial charge is 0.493 e. The number of carbonyl (C=O) groups excluding carboxylic acids is 1. The molecule has 0 radical (unpaired) electrons. The summed E-state index contributed by atoms with van der Waals surface area (Å²) in [4.78, 5) is 14.7. The Morgan fingerprint density at radius 3 is 2.42 bits per heavy atom. The SMILES string of the molecule is CCS(=O)(=O)CCOc1ccc(S(=O)(=O)N2CCCC(C(=O)N3CCOCC3)C2)cc1. The standard InChI is InChI=1S/C20H30N2O7S2/c1-2-30(24,25)15-14-29-18-5-7-19(8-6-18)31(26,27)22-9-3-4-17(16-22)20(23)21-10-12-28-13-11-21/h5-8,17H,2-4,9-16H2,1H3. The zero-order valence-electron chi connectivity index (χ0n) is 17.7. The van der Waals surface area contributed by atoms with Gasteiger partial charge in [-0.1, -0.05) is 6.92 Å². The third-order valence-corrected chi connectivity index (χ3v) is 9.17. The van der Waals surface area contributed by atoms with E-state index < -0.39 is 19.9 Å². The molecule has 2 aliphatic rings. The molecule has 2 saturated heterocycles. The molecule has 0 aromatic heterocycles. The Bertz CT molecular complexity index is 956. The van der Waals surface area contributed by atoms with Crippen molar-refractivity contribution >= 4 is 25.8 Å². The molecule has 1 unspecified atom stereocenters. The summed E-state index contributed by atoms with van der Waals surface area (Å²) in [5.74, 6) is 0.0249. The minimum absolute atomic E-state index is 0.00557. The average Bonchev–Trinajstić information content (AvgIpc) is 2.79. The number of hydrogen-bond acceptors (Lipinski definition) is 7. The first-order valence-electron chi connectivity index (χ1n) is 10.5. The molecule has 1 aromatic rings. The number of carbonyl (C=O) groups is 1. The van der Waals surface area contributed by atoms with E-state index in [1.165, 1.54) is 28.6 Å². The molecule has 11 heteroatoms. The third-order valence-electron chi connectivity index (χ3n) is 5.62. The van der Waals surface area contributed by atoms with Crippen molar-refractivity contribution in [2.45, 2.75) is 24.7 Å². The van der Waals surface area contributed by atoms with Crippen molar-refractivity contribution in [3.8, 4) is 5.75 Å². The molecule has 0 aliphatic carbocycles. The monoisotopic (exact) mass is 474 g/mol. The van der Waals surface area contributed by atoms with Crippen molar-refractivity contribution in [2.24, 2.45) is 5.92 Å². The van der Waals surface area contributed by atoms with Gasteiger partial charge in [-0.05, 0) is 37.1 Å². The predicted molar refractivity (Wildman–Crippen MR) is 115 cm³/mol. The molecule has 174 valence electrons. The van der Waals surface area contributed by atoms with E-state index in [0.717, 1.165) is 0 Å². The van der Waals surface area contributed by atoms with Gasteiger partial charge < -0.3 is 14.4 Å². The Morgan fingerprint density at radius 2 is 1.77 bits per heavy atom. The lowest BCUT2D eigenvalue weighted by Crippen LogP contribution is -2.49. The Morgan fingerprint density at radius 1 is 1.10 bits per heavy atom. The molecule has 0 saturated carbocycles. The molecular weight excluding hydrogens is 444 g/mol. The number of hydrogen-bond donors (Lipinski definition) is 0. The molecule has 0 N–H and O–H groups in total. The number of piperidine rings is 1. The fourth-order valence-electron chi connectivity index (χ4n) is 3.69. The summed E-state index contributed by atoms with van der Waals surface area (Å²) in [6, 6.07) is 5.94. The molecule has 1 atom stereocenters. The lowest BCUT2D eigenvalue weighted by atomic mass is 9.98. The summed E-state index contributed by atoms with van der Waals surface area (Å²) in [7, 11) is -6.86. The van der Waals surface area contributed by atoms with E-state index in [4.69, 9.17) is 9.47 Å². The van der Waals surface area contributed by atoms with Crippen LogP contribution in [-0.2, 0) is 29.4 Å². The normalized spacial score (nSPS) is 21.1. The van der Waals surface area contributed by atoms with Gasteiger partial charge in [0.15, 0.2) is 9.84 Å². The van der Waals surface area contributed by atoms with Crippen molar-refractivity contribution < 1.29 is 31.1 Å². The van der Waals surface area contributed by atoms with Crippen LogP contribution in [0.15, 0.2) is 29.2 Å². The maximum Gasteiger partial charge on any atom is 0.243 e. The quantitative estimate of drug-likeness (QED) is 0.547. The van der Waals surface area contributed by atoms with Crippen molar-refractivity contribution in [2.75, 3.05) is 57.5 Å². The molecule has 31 heavy (non-hydrogen) atoms. The number of sulfonamides is 1. The van der Waals surface area contributed by atoms with Crippen molar-refractivity contribution in [1.29, 1.82) is 0 Å².